The standard InChI is InChI=1S/2C9H8N2/c2*10-9-5-7-3-1-2-4-8(7)6-11-9/h2*1-6H,(H2,10,11). The van der Waals surface area contributed by atoms with E-state index in [0.29, 0.717) is 11.6 Å². The van der Waals surface area contributed by atoms with E-state index in [1.54, 1.807) is 12.4 Å². The number of rotatable bonds is 0. The Balaban J connectivity index is 0.000000131. The first kappa shape index (κ1) is 13.8. The summed E-state index contributed by atoms with van der Waals surface area (Å²) in [6, 6.07) is 19.8. The lowest BCUT2D eigenvalue weighted by atomic mass is 10.2. The summed E-state index contributed by atoms with van der Waals surface area (Å²) >= 11 is 0. The van der Waals surface area contributed by atoms with Crippen LogP contribution in [0.5, 0.6) is 0 Å². The monoisotopic (exact) mass is 288 g/mol. The fourth-order valence-corrected chi connectivity index (χ4v) is 2.20. The van der Waals surface area contributed by atoms with Gasteiger partial charge >= 0.3 is 0 Å². The van der Waals surface area contributed by atoms with Crippen molar-refractivity contribution in [3.8, 4) is 0 Å². The van der Waals surface area contributed by atoms with Gasteiger partial charge < -0.3 is 11.5 Å². The average Bonchev–Trinajstić information content (AvgIpc) is 2.55. The SMILES string of the molecule is Nc1cc2ccccc2cn1.Nc1cc2ccccc2cn1. The van der Waals surface area contributed by atoms with Gasteiger partial charge in [-0.2, -0.15) is 0 Å². The van der Waals surface area contributed by atoms with Crippen LogP contribution in [-0.4, -0.2) is 9.97 Å². The van der Waals surface area contributed by atoms with Gasteiger partial charge in [0.2, 0.25) is 0 Å². The molecule has 0 saturated heterocycles. The van der Waals surface area contributed by atoms with E-state index >= 15 is 0 Å². The summed E-state index contributed by atoms with van der Waals surface area (Å²) in [5.41, 5.74) is 11.0. The first-order valence-electron chi connectivity index (χ1n) is 6.93. The fourth-order valence-electron chi connectivity index (χ4n) is 2.20. The number of hydrogen-bond acceptors (Lipinski definition) is 4. The molecule has 0 amide bonds. The van der Waals surface area contributed by atoms with Crippen LogP contribution in [0.3, 0.4) is 0 Å². The highest BCUT2D eigenvalue weighted by Gasteiger charge is 1.92. The topological polar surface area (TPSA) is 77.8 Å². The zero-order valence-corrected chi connectivity index (χ0v) is 12.0. The van der Waals surface area contributed by atoms with Crippen molar-refractivity contribution in [1.29, 1.82) is 0 Å². The summed E-state index contributed by atoms with van der Waals surface area (Å²) in [7, 11) is 0. The van der Waals surface area contributed by atoms with Crippen LogP contribution in [0.1, 0.15) is 0 Å². The molecule has 0 saturated carbocycles. The van der Waals surface area contributed by atoms with Crippen LogP contribution in [0.15, 0.2) is 73.1 Å². The first-order chi connectivity index (χ1) is 10.7. The van der Waals surface area contributed by atoms with Gasteiger partial charge in [0, 0.05) is 23.2 Å². The number of hydrogen-bond donors (Lipinski definition) is 2. The number of nitrogens with two attached hydrogens (primary N) is 2. The highest BCUT2D eigenvalue weighted by molar-refractivity contribution is 5.84. The number of nitrogens with zero attached hydrogens (tertiary/aromatic N) is 2. The minimum absolute atomic E-state index is 0.573. The lowest BCUT2D eigenvalue weighted by Gasteiger charge is -1.96. The maximum absolute atomic E-state index is 5.51. The van der Waals surface area contributed by atoms with Gasteiger partial charge in [0.25, 0.3) is 0 Å². The number of fused-ring (bicyclic) bond motifs is 2. The molecular weight excluding hydrogens is 272 g/mol. The Labute approximate surface area is 128 Å². The molecule has 0 aliphatic carbocycles. The van der Waals surface area contributed by atoms with Gasteiger partial charge in [-0.3, -0.25) is 0 Å². The summed E-state index contributed by atoms with van der Waals surface area (Å²) in [6.07, 6.45) is 3.56. The maximum atomic E-state index is 5.51. The highest BCUT2D eigenvalue weighted by Crippen LogP contribution is 2.14. The molecule has 4 aromatic rings. The van der Waals surface area contributed by atoms with Crippen molar-refractivity contribution in [1.82, 2.24) is 9.97 Å². The van der Waals surface area contributed by atoms with Crippen LogP contribution in [0.2, 0.25) is 0 Å². The zero-order valence-electron chi connectivity index (χ0n) is 12.0. The summed E-state index contributed by atoms with van der Waals surface area (Å²) in [6.45, 7) is 0. The van der Waals surface area contributed by atoms with Crippen molar-refractivity contribution < 1.29 is 0 Å². The normalized spacial score (nSPS) is 10.2. The second kappa shape index (κ2) is 6.10. The molecular formula is C18H16N4. The quantitative estimate of drug-likeness (QED) is 0.518. The Kier molecular flexibility index (Phi) is 3.83. The summed E-state index contributed by atoms with van der Waals surface area (Å²) < 4.78 is 0. The molecule has 2 heterocycles. The van der Waals surface area contributed by atoms with Crippen molar-refractivity contribution in [2.75, 3.05) is 11.5 Å². The minimum atomic E-state index is 0.573. The third-order valence-corrected chi connectivity index (χ3v) is 3.30. The number of nitrogen functional groups attached to an aromatic ring is 2. The molecule has 2 aromatic carbocycles. The van der Waals surface area contributed by atoms with Crippen molar-refractivity contribution in [3.63, 3.8) is 0 Å². The van der Waals surface area contributed by atoms with E-state index < -0.39 is 0 Å². The van der Waals surface area contributed by atoms with E-state index in [9.17, 15) is 0 Å². The minimum Gasteiger partial charge on any atom is -0.384 e. The van der Waals surface area contributed by atoms with Crippen molar-refractivity contribution in [3.05, 3.63) is 73.1 Å². The Morgan fingerprint density at radius 2 is 0.909 bits per heavy atom. The van der Waals surface area contributed by atoms with Crippen LogP contribution in [-0.2, 0) is 0 Å². The Morgan fingerprint density at radius 1 is 0.545 bits per heavy atom. The molecule has 0 atom stereocenters. The number of anilines is 2. The van der Waals surface area contributed by atoms with Crippen LogP contribution in [0.4, 0.5) is 11.6 Å². The van der Waals surface area contributed by atoms with Crippen molar-refractivity contribution in [2.24, 2.45) is 0 Å². The smallest absolute Gasteiger partial charge is 0.123 e. The van der Waals surface area contributed by atoms with E-state index in [2.05, 4.69) is 9.97 Å². The van der Waals surface area contributed by atoms with E-state index in [1.807, 2.05) is 60.7 Å². The van der Waals surface area contributed by atoms with Gasteiger partial charge in [0.1, 0.15) is 11.6 Å². The van der Waals surface area contributed by atoms with Gasteiger partial charge in [-0.25, -0.2) is 9.97 Å². The highest BCUT2D eigenvalue weighted by atomic mass is 14.8. The molecule has 0 bridgehead atoms. The largest absolute Gasteiger partial charge is 0.384 e. The lowest BCUT2D eigenvalue weighted by molar-refractivity contribution is 1.37. The molecule has 2 aromatic heterocycles. The molecule has 22 heavy (non-hydrogen) atoms. The molecule has 4 heteroatoms. The number of aromatic nitrogens is 2. The van der Waals surface area contributed by atoms with Crippen molar-refractivity contribution >= 4 is 33.2 Å². The van der Waals surface area contributed by atoms with Crippen LogP contribution in [0, 0.1) is 0 Å². The summed E-state index contributed by atoms with van der Waals surface area (Å²) in [5, 5.41) is 4.53. The molecule has 0 aliphatic heterocycles. The second-order valence-corrected chi connectivity index (χ2v) is 4.91. The second-order valence-electron chi connectivity index (χ2n) is 4.91. The van der Waals surface area contributed by atoms with Gasteiger partial charge in [-0.05, 0) is 22.9 Å². The Bertz CT molecular complexity index is 841. The van der Waals surface area contributed by atoms with Gasteiger partial charge in [0.15, 0.2) is 0 Å². The van der Waals surface area contributed by atoms with Crippen LogP contribution in [0.25, 0.3) is 21.5 Å². The number of pyridine rings is 2. The zero-order chi connectivity index (χ0) is 15.4. The predicted octanol–water partition coefficient (Wildman–Crippen LogP) is 3.63. The maximum Gasteiger partial charge on any atom is 0.123 e. The van der Waals surface area contributed by atoms with Gasteiger partial charge in [-0.15, -0.1) is 0 Å². The van der Waals surface area contributed by atoms with E-state index in [0.717, 1.165) is 21.5 Å². The Morgan fingerprint density at radius 3 is 1.32 bits per heavy atom. The molecule has 0 radical (unpaired) electrons. The van der Waals surface area contributed by atoms with Crippen LogP contribution < -0.4 is 11.5 Å². The first-order valence-corrected chi connectivity index (χ1v) is 6.93. The predicted molar refractivity (Wildman–Crippen MR) is 92.3 cm³/mol. The molecule has 0 aliphatic rings. The Hall–Kier alpha value is -3.14. The summed E-state index contributed by atoms with van der Waals surface area (Å²) in [4.78, 5) is 7.97. The van der Waals surface area contributed by atoms with E-state index in [-0.39, 0.29) is 0 Å². The van der Waals surface area contributed by atoms with E-state index in [4.69, 9.17) is 11.5 Å². The fraction of sp³-hybridized carbons (Fsp3) is 0. The van der Waals surface area contributed by atoms with Crippen molar-refractivity contribution in [2.45, 2.75) is 0 Å². The molecule has 0 spiro atoms. The molecule has 4 N–H and O–H groups in total. The van der Waals surface area contributed by atoms with E-state index in [1.165, 1.54) is 0 Å². The molecule has 0 unspecified atom stereocenters. The molecule has 0 fully saturated rings. The number of benzene rings is 2. The molecule has 4 rings (SSSR count). The third-order valence-electron chi connectivity index (χ3n) is 3.30. The van der Waals surface area contributed by atoms with Gasteiger partial charge in [-0.1, -0.05) is 48.5 Å². The summed E-state index contributed by atoms with van der Waals surface area (Å²) in [5.74, 6) is 1.15. The van der Waals surface area contributed by atoms with Gasteiger partial charge in [0.05, 0.1) is 0 Å². The average molecular weight is 288 g/mol. The third kappa shape index (κ3) is 3.12. The van der Waals surface area contributed by atoms with Crippen LogP contribution >= 0.6 is 0 Å². The molecule has 108 valence electrons. The molecule has 4 nitrogen and oxygen atoms in total. The lowest BCUT2D eigenvalue weighted by Crippen LogP contribution is -1.87.